The second-order valence-corrected chi connectivity index (χ2v) is 2.73. The van der Waals surface area contributed by atoms with E-state index in [1.165, 1.54) is 7.11 Å². The lowest BCUT2D eigenvalue weighted by molar-refractivity contribution is -0.147. The molecule has 1 N–H and O–H groups in total. The van der Waals surface area contributed by atoms with Crippen molar-refractivity contribution in [1.29, 1.82) is 0 Å². The van der Waals surface area contributed by atoms with Crippen LogP contribution in [0.3, 0.4) is 0 Å². The van der Waals surface area contributed by atoms with Crippen LogP contribution >= 0.6 is 0 Å². The highest BCUT2D eigenvalue weighted by atomic mass is 16.6. The highest BCUT2D eigenvalue weighted by Crippen LogP contribution is 1.86. The number of hydrogen-bond acceptors (Lipinski definition) is 5. The predicted octanol–water partition coefficient (Wildman–Crippen LogP) is 0.693. The molecule has 0 unspecified atom stereocenters. The zero-order valence-corrected chi connectivity index (χ0v) is 10.0. The number of carbonyl (C=O) groups excluding carboxylic acids is 1. The van der Waals surface area contributed by atoms with Gasteiger partial charge in [0, 0.05) is 27.2 Å². The Bertz CT molecular complexity index is 172. The summed E-state index contributed by atoms with van der Waals surface area (Å²) < 4.78 is 13.6. The van der Waals surface area contributed by atoms with Crippen LogP contribution in [0.4, 0.5) is 0 Å². The molecule has 0 aliphatic carbocycles. The van der Waals surface area contributed by atoms with E-state index < -0.39 is 5.97 Å². The second kappa shape index (κ2) is 13.9. The second-order valence-electron chi connectivity index (χ2n) is 2.73. The van der Waals surface area contributed by atoms with Crippen LogP contribution in [0, 0.1) is 0 Å². The lowest BCUT2D eigenvalue weighted by Crippen LogP contribution is -2.10. The van der Waals surface area contributed by atoms with Gasteiger partial charge in [-0.1, -0.05) is 0 Å². The molecule has 0 radical (unpaired) electrons. The van der Waals surface area contributed by atoms with Crippen molar-refractivity contribution in [3.8, 4) is 0 Å². The average molecular weight is 236 g/mol. The molecule has 0 aliphatic heterocycles. The first-order valence-corrected chi connectivity index (χ1v) is 4.93. The van der Waals surface area contributed by atoms with Gasteiger partial charge in [0.1, 0.15) is 6.61 Å². The first-order valence-electron chi connectivity index (χ1n) is 4.93. The van der Waals surface area contributed by atoms with Crippen LogP contribution in [0.2, 0.25) is 0 Å². The Kier molecular flexibility index (Phi) is 15.0. The first-order chi connectivity index (χ1) is 7.58. The third-order valence-corrected chi connectivity index (χ3v) is 1.31. The van der Waals surface area contributed by atoms with E-state index in [1.54, 1.807) is 14.0 Å². The summed E-state index contributed by atoms with van der Waals surface area (Å²) in [4.78, 5) is 20.1. The molecule has 0 saturated carbocycles. The fourth-order valence-electron chi connectivity index (χ4n) is 0.688. The number of carbonyl (C=O) groups is 2. The Morgan fingerprint density at radius 3 is 2.19 bits per heavy atom. The van der Waals surface area contributed by atoms with Gasteiger partial charge in [0.2, 0.25) is 0 Å². The van der Waals surface area contributed by atoms with Crippen molar-refractivity contribution in [2.24, 2.45) is 0 Å². The number of aliphatic carboxylic acids is 1. The van der Waals surface area contributed by atoms with Gasteiger partial charge in [-0.15, -0.1) is 0 Å². The number of esters is 1. The quantitative estimate of drug-likeness (QED) is 0.517. The molecule has 6 nitrogen and oxygen atoms in total. The maximum absolute atomic E-state index is 10.3. The minimum absolute atomic E-state index is 0.0494. The fraction of sp³-hybridized carbons (Fsp3) is 0.800. The summed E-state index contributed by atoms with van der Waals surface area (Å²) in [5, 5.41) is 8.08. The molecule has 0 fully saturated rings. The SMILES string of the molecule is CCOC(=O)COC.COCCCC(=O)O. The molecule has 16 heavy (non-hydrogen) atoms. The van der Waals surface area contributed by atoms with Crippen LogP contribution in [0.1, 0.15) is 19.8 Å². The summed E-state index contributed by atoms with van der Waals surface area (Å²) in [5.74, 6) is -1.07. The molecule has 6 heteroatoms. The largest absolute Gasteiger partial charge is 0.481 e. The molecule has 0 rings (SSSR count). The molecular weight excluding hydrogens is 216 g/mol. The Morgan fingerprint density at radius 2 is 1.81 bits per heavy atom. The zero-order valence-electron chi connectivity index (χ0n) is 10.0. The molecule has 0 amide bonds. The summed E-state index contributed by atoms with van der Waals surface area (Å²) in [6.07, 6.45) is 0.805. The number of carboxylic acids is 1. The van der Waals surface area contributed by atoms with Crippen molar-refractivity contribution in [3.63, 3.8) is 0 Å². The van der Waals surface area contributed by atoms with E-state index in [2.05, 4.69) is 14.2 Å². The monoisotopic (exact) mass is 236 g/mol. The average Bonchev–Trinajstić information content (AvgIpc) is 2.19. The smallest absolute Gasteiger partial charge is 0.332 e. The van der Waals surface area contributed by atoms with Gasteiger partial charge >= 0.3 is 11.9 Å². The fourth-order valence-corrected chi connectivity index (χ4v) is 0.688. The molecule has 0 aromatic carbocycles. The summed E-state index contributed by atoms with van der Waals surface area (Å²) in [7, 11) is 3.01. The number of hydrogen-bond donors (Lipinski definition) is 1. The summed E-state index contributed by atoms with van der Waals surface area (Å²) >= 11 is 0. The van der Waals surface area contributed by atoms with Crippen LogP contribution in [-0.2, 0) is 23.8 Å². The highest BCUT2D eigenvalue weighted by molar-refractivity contribution is 5.70. The van der Waals surface area contributed by atoms with Crippen molar-refractivity contribution in [2.75, 3.05) is 34.0 Å². The number of rotatable bonds is 7. The van der Waals surface area contributed by atoms with Crippen molar-refractivity contribution >= 4 is 11.9 Å². The van der Waals surface area contributed by atoms with E-state index in [0.717, 1.165) is 0 Å². The summed E-state index contributed by atoms with van der Waals surface area (Å²) in [6.45, 7) is 2.76. The molecule has 0 heterocycles. The van der Waals surface area contributed by atoms with Gasteiger partial charge in [-0.2, -0.15) is 0 Å². The third-order valence-electron chi connectivity index (χ3n) is 1.31. The molecule has 0 aromatic heterocycles. The predicted molar refractivity (Wildman–Crippen MR) is 57.3 cm³/mol. The van der Waals surface area contributed by atoms with Crippen molar-refractivity contribution in [3.05, 3.63) is 0 Å². The Balaban J connectivity index is 0. The van der Waals surface area contributed by atoms with Gasteiger partial charge in [-0.25, -0.2) is 4.79 Å². The van der Waals surface area contributed by atoms with Crippen molar-refractivity contribution < 1.29 is 28.9 Å². The Morgan fingerprint density at radius 1 is 1.19 bits per heavy atom. The van der Waals surface area contributed by atoms with Crippen LogP contribution in [0.5, 0.6) is 0 Å². The number of ether oxygens (including phenoxy) is 3. The van der Waals surface area contributed by atoms with Gasteiger partial charge in [0.15, 0.2) is 0 Å². The molecular formula is C10H20O6. The molecule has 0 atom stereocenters. The minimum Gasteiger partial charge on any atom is -0.481 e. The Hall–Kier alpha value is -1.14. The van der Waals surface area contributed by atoms with Gasteiger partial charge in [0.25, 0.3) is 0 Å². The van der Waals surface area contributed by atoms with Crippen molar-refractivity contribution in [1.82, 2.24) is 0 Å². The van der Waals surface area contributed by atoms with E-state index in [9.17, 15) is 9.59 Å². The molecule has 0 spiro atoms. The van der Waals surface area contributed by atoms with Crippen LogP contribution in [0.25, 0.3) is 0 Å². The van der Waals surface area contributed by atoms with Gasteiger partial charge in [0.05, 0.1) is 6.61 Å². The Labute approximate surface area is 95.5 Å². The summed E-state index contributed by atoms with van der Waals surface area (Å²) in [6, 6.07) is 0. The van der Waals surface area contributed by atoms with E-state index in [-0.39, 0.29) is 19.0 Å². The van der Waals surface area contributed by atoms with Crippen molar-refractivity contribution in [2.45, 2.75) is 19.8 Å². The third kappa shape index (κ3) is 18.6. The topological polar surface area (TPSA) is 82.1 Å². The molecule has 0 aromatic rings. The van der Waals surface area contributed by atoms with E-state index in [4.69, 9.17) is 5.11 Å². The summed E-state index contributed by atoms with van der Waals surface area (Å²) in [5.41, 5.74) is 0. The molecule has 0 saturated heterocycles. The zero-order chi connectivity index (χ0) is 12.8. The van der Waals surface area contributed by atoms with Gasteiger partial charge in [-0.05, 0) is 13.3 Å². The minimum atomic E-state index is -0.762. The lowest BCUT2D eigenvalue weighted by atomic mass is 10.3. The van der Waals surface area contributed by atoms with E-state index in [1.807, 2.05) is 0 Å². The van der Waals surface area contributed by atoms with Crippen LogP contribution in [-0.4, -0.2) is 51.1 Å². The number of carboxylic acid groups (broad SMARTS) is 1. The van der Waals surface area contributed by atoms with Gasteiger partial charge in [-0.3, -0.25) is 4.79 Å². The van der Waals surface area contributed by atoms with Crippen LogP contribution < -0.4 is 0 Å². The lowest BCUT2D eigenvalue weighted by Gasteiger charge is -1.97. The maximum Gasteiger partial charge on any atom is 0.332 e. The van der Waals surface area contributed by atoms with E-state index in [0.29, 0.717) is 19.6 Å². The normalized spacial score (nSPS) is 8.94. The first kappa shape index (κ1) is 17.3. The highest BCUT2D eigenvalue weighted by Gasteiger charge is 1.96. The van der Waals surface area contributed by atoms with E-state index >= 15 is 0 Å². The molecule has 0 aliphatic rings. The standard InChI is InChI=1S/2C5H10O3/c1-8-4-2-3-5(6)7;1-3-8-5(6)4-7-2/h2-4H2,1H3,(H,6,7);3-4H2,1-2H3. The molecule has 96 valence electrons. The number of methoxy groups -OCH3 is 2. The maximum atomic E-state index is 10.3. The molecule has 0 bridgehead atoms. The van der Waals surface area contributed by atoms with Gasteiger partial charge < -0.3 is 19.3 Å². The van der Waals surface area contributed by atoms with Crippen LogP contribution in [0.15, 0.2) is 0 Å².